The van der Waals surface area contributed by atoms with Crippen molar-refractivity contribution in [1.82, 2.24) is 0 Å². The molecule has 0 heterocycles. The molecule has 16 heavy (non-hydrogen) atoms. The molecule has 0 fully saturated rings. The summed E-state index contributed by atoms with van der Waals surface area (Å²) in [6, 6.07) is 0. The van der Waals surface area contributed by atoms with Crippen LogP contribution in [0.4, 0.5) is 12.9 Å². The van der Waals surface area contributed by atoms with Crippen molar-refractivity contribution >= 4 is 14.6 Å². The van der Waals surface area contributed by atoms with Crippen LogP contribution in [0, 0.1) is 0 Å². The van der Waals surface area contributed by atoms with E-state index in [1.165, 1.54) is 0 Å². The molecule has 0 aromatic carbocycles. The van der Waals surface area contributed by atoms with Crippen molar-refractivity contribution in [3.05, 3.63) is 0 Å². The summed E-state index contributed by atoms with van der Waals surface area (Å²) in [5.74, 6) is 0. The first kappa shape index (κ1) is 20.0. The minimum atomic E-state index is -4.81. The van der Waals surface area contributed by atoms with Crippen LogP contribution in [0.2, 0.25) is 6.32 Å². The second-order valence-corrected chi connectivity index (χ2v) is 5.21. The standard InChI is InChI=1S/C7H16BF3O3P.K/c1-3-13-15(12,14-4-2)7-5-6-8(9,10)11;/h3-7H2,1-2H3;/q-1;+1. The molecule has 0 rings (SSSR count). The Morgan fingerprint density at radius 2 is 1.56 bits per heavy atom. The molecule has 0 N–H and O–H groups in total. The Morgan fingerprint density at radius 3 is 1.88 bits per heavy atom. The van der Waals surface area contributed by atoms with Gasteiger partial charge in [-0.05, 0) is 13.8 Å². The Kier molecular flexibility index (Phi) is 11.9. The average molecular weight is 286 g/mol. The van der Waals surface area contributed by atoms with Crippen LogP contribution in [0.5, 0.6) is 0 Å². The van der Waals surface area contributed by atoms with Gasteiger partial charge in [0.2, 0.25) is 0 Å². The molecule has 0 aromatic heterocycles. The maximum atomic E-state index is 11.9. The Morgan fingerprint density at radius 1 is 1.12 bits per heavy atom. The topological polar surface area (TPSA) is 35.5 Å². The molecule has 0 atom stereocenters. The van der Waals surface area contributed by atoms with Gasteiger partial charge in [0.25, 0.3) is 0 Å². The minimum absolute atomic E-state index is 0. The summed E-state index contributed by atoms with van der Waals surface area (Å²) in [4.78, 5) is 0. The van der Waals surface area contributed by atoms with Crippen molar-refractivity contribution < 1.29 is 77.9 Å². The first-order chi connectivity index (χ1) is 6.83. The zero-order chi connectivity index (χ0) is 11.9. The van der Waals surface area contributed by atoms with Crippen LogP contribution in [0.3, 0.4) is 0 Å². The molecule has 0 unspecified atom stereocenters. The summed E-state index contributed by atoms with van der Waals surface area (Å²) in [6.45, 7) is -1.21. The van der Waals surface area contributed by atoms with Crippen LogP contribution < -0.4 is 51.4 Å². The molecule has 0 amide bonds. The van der Waals surface area contributed by atoms with Crippen LogP contribution in [0.15, 0.2) is 0 Å². The van der Waals surface area contributed by atoms with Gasteiger partial charge in [0.15, 0.2) is 0 Å². The SMILES string of the molecule is CCOP(=O)(CCC[B-](F)(F)F)OCC.[K+]. The van der Waals surface area contributed by atoms with Gasteiger partial charge in [-0.2, -0.15) is 0 Å². The van der Waals surface area contributed by atoms with Crippen molar-refractivity contribution in [3.8, 4) is 0 Å². The largest absolute Gasteiger partial charge is 1.00 e. The predicted octanol–water partition coefficient (Wildman–Crippen LogP) is 0.494. The number of rotatable bonds is 8. The number of hydrogen-bond acceptors (Lipinski definition) is 3. The summed E-state index contributed by atoms with van der Waals surface area (Å²) in [6.07, 6.45) is -1.28. The van der Waals surface area contributed by atoms with E-state index < -0.39 is 20.9 Å². The van der Waals surface area contributed by atoms with Crippen LogP contribution in [0.25, 0.3) is 0 Å². The van der Waals surface area contributed by atoms with Gasteiger partial charge in [-0.3, -0.25) is 4.57 Å². The summed E-state index contributed by atoms with van der Waals surface area (Å²) >= 11 is 0. The monoisotopic (exact) mass is 286 g/mol. The van der Waals surface area contributed by atoms with Crippen molar-refractivity contribution in [2.24, 2.45) is 0 Å². The molecule has 0 saturated heterocycles. The third-order valence-corrected chi connectivity index (χ3v) is 3.78. The smallest absolute Gasteiger partial charge is 0.449 e. The van der Waals surface area contributed by atoms with Crippen molar-refractivity contribution in [3.63, 3.8) is 0 Å². The van der Waals surface area contributed by atoms with E-state index in [2.05, 4.69) is 0 Å². The van der Waals surface area contributed by atoms with Gasteiger partial charge in [-0.25, -0.2) is 0 Å². The van der Waals surface area contributed by atoms with Crippen molar-refractivity contribution in [2.75, 3.05) is 19.4 Å². The minimum Gasteiger partial charge on any atom is -0.449 e. The van der Waals surface area contributed by atoms with Gasteiger partial charge in [0.1, 0.15) is 0 Å². The zero-order valence-electron chi connectivity index (χ0n) is 9.92. The maximum Gasteiger partial charge on any atom is 1.00 e. The van der Waals surface area contributed by atoms with Gasteiger partial charge >= 0.3 is 66.0 Å². The molecule has 0 aromatic rings. The van der Waals surface area contributed by atoms with Gasteiger partial charge < -0.3 is 22.0 Å². The Balaban J connectivity index is 0. The molecule has 0 spiro atoms. The fraction of sp³-hybridized carbons (Fsp3) is 1.00. The molecule has 0 bridgehead atoms. The van der Waals surface area contributed by atoms with E-state index in [0.29, 0.717) is 0 Å². The van der Waals surface area contributed by atoms with Gasteiger partial charge in [0.05, 0.1) is 13.2 Å². The molecule has 92 valence electrons. The van der Waals surface area contributed by atoms with Gasteiger partial charge in [-0.15, -0.1) is 0 Å². The molecular formula is C7H16BF3KO3P. The normalized spacial score (nSPS) is 12.3. The van der Waals surface area contributed by atoms with E-state index in [0.717, 1.165) is 0 Å². The molecule has 0 aliphatic carbocycles. The first-order valence-electron chi connectivity index (χ1n) is 4.92. The first-order valence-corrected chi connectivity index (χ1v) is 6.65. The quantitative estimate of drug-likeness (QED) is 0.481. The van der Waals surface area contributed by atoms with Crippen molar-refractivity contribution in [2.45, 2.75) is 26.6 Å². The molecule has 0 radical (unpaired) electrons. The molecule has 9 heteroatoms. The Labute approximate surface area is 137 Å². The zero-order valence-corrected chi connectivity index (χ0v) is 13.9. The van der Waals surface area contributed by atoms with Crippen molar-refractivity contribution in [1.29, 1.82) is 0 Å². The van der Waals surface area contributed by atoms with Crippen LogP contribution in [0.1, 0.15) is 20.3 Å². The van der Waals surface area contributed by atoms with E-state index in [-0.39, 0.29) is 77.2 Å². The maximum absolute atomic E-state index is 11.9. The fourth-order valence-electron chi connectivity index (χ4n) is 1.08. The molecule has 0 saturated carbocycles. The van der Waals surface area contributed by atoms with E-state index >= 15 is 0 Å². The van der Waals surface area contributed by atoms with Crippen LogP contribution in [-0.4, -0.2) is 26.4 Å². The molecular weight excluding hydrogens is 270 g/mol. The van der Waals surface area contributed by atoms with Crippen LogP contribution in [-0.2, 0) is 13.6 Å². The fourth-order valence-corrected chi connectivity index (χ4v) is 2.77. The van der Waals surface area contributed by atoms with E-state index in [9.17, 15) is 17.5 Å². The van der Waals surface area contributed by atoms with Crippen LogP contribution >= 0.6 is 7.60 Å². The predicted molar refractivity (Wildman–Crippen MR) is 54.2 cm³/mol. The average Bonchev–Trinajstić information content (AvgIpc) is 2.01. The van der Waals surface area contributed by atoms with E-state index in [1.807, 2.05) is 0 Å². The van der Waals surface area contributed by atoms with Gasteiger partial charge in [-0.1, -0.05) is 12.7 Å². The Hall–Kier alpha value is 1.64. The third kappa shape index (κ3) is 10.8. The molecule has 3 nitrogen and oxygen atoms in total. The summed E-state index contributed by atoms with van der Waals surface area (Å²) in [5, 5.41) is 0. The summed E-state index contributed by atoms with van der Waals surface area (Å²) in [7, 11) is -3.30. The van der Waals surface area contributed by atoms with E-state index in [1.54, 1.807) is 13.8 Å². The number of halogens is 3. The third-order valence-electron chi connectivity index (χ3n) is 1.62. The second-order valence-electron chi connectivity index (χ2n) is 3.02. The van der Waals surface area contributed by atoms with Gasteiger partial charge in [0, 0.05) is 6.16 Å². The van der Waals surface area contributed by atoms with E-state index in [4.69, 9.17) is 9.05 Å². The molecule has 0 aliphatic rings. The second kappa shape index (κ2) is 9.56. The summed E-state index contributed by atoms with van der Waals surface area (Å²) in [5.41, 5.74) is 0. The Bertz CT molecular complexity index is 217. The molecule has 0 aliphatic heterocycles. The number of hydrogen-bond donors (Lipinski definition) is 0. The summed E-state index contributed by atoms with van der Waals surface area (Å²) < 4.78 is 57.1.